The average Bonchev–Trinajstić information content (AvgIpc) is 2.39. The second-order valence-electron chi connectivity index (χ2n) is 4.31. The maximum Gasteiger partial charge on any atom is 0.0625 e. The number of hydrogen-bond acceptors (Lipinski definition) is 4. The molecule has 0 amide bonds. The Labute approximate surface area is 96.8 Å². The standard InChI is InChI=1S/C12H20N4/c1-10(16-8-6-14-7-9-16)12(13)11-4-2-3-5-15-11/h2-5,10,12,14H,6-9,13H2,1H3. The average molecular weight is 220 g/mol. The summed E-state index contributed by atoms with van der Waals surface area (Å²) in [6.45, 7) is 6.44. The fraction of sp³-hybridized carbons (Fsp3) is 0.583. The molecular formula is C12H20N4. The van der Waals surface area contributed by atoms with Crippen LogP contribution < -0.4 is 11.1 Å². The van der Waals surface area contributed by atoms with Gasteiger partial charge in [-0.15, -0.1) is 0 Å². The smallest absolute Gasteiger partial charge is 0.0625 e. The first-order valence-corrected chi connectivity index (χ1v) is 5.90. The second-order valence-corrected chi connectivity index (χ2v) is 4.31. The Bertz CT molecular complexity index is 308. The summed E-state index contributed by atoms with van der Waals surface area (Å²) in [6, 6.07) is 6.26. The molecule has 1 aliphatic rings. The van der Waals surface area contributed by atoms with Crippen LogP contribution in [-0.4, -0.2) is 42.1 Å². The van der Waals surface area contributed by atoms with Crippen molar-refractivity contribution in [3.05, 3.63) is 30.1 Å². The van der Waals surface area contributed by atoms with Crippen molar-refractivity contribution in [3.63, 3.8) is 0 Å². The fourth-order valence-electron chi connectivity index (χ4n) is 2.14. The normalized spacial score (nSPS) is 21.6. The molecule has 1 saturated heterocycles. The number of nitrogens with zero attached hydrogens (tertiary/aromatic N) is 2. The summed E-state index contributed by atoms with van der Waals surface area (Å²) in [5, 5.41) is 3.35. The Hall–Kier alpha value is -0.970. The molecule has 16 heavy (non-hydrogen) atoms. The number of pyridine rings is 1. The van der Waals surface area contributed by atoms with Crippen LogP contribution >= 0.6 is 0 Å². The van der Waals surface area contributed by atoms with Crippen LogP contribution in [0.2, 0.25) is 0 Å². The monoisotopic (exact) mass is 220 g/mol. The first-order chi connectivity index (χ1) is 7.79. The lowest BCUT2D eigenvalue weighted by Crippen LogP contribution is -2.50. The molecule has 1 aromatic rings. The van der Waals surface area contributed by atoms with Crippen LogP contribution in [0.1, 0.15) is 18.7 Å². The van der Waals surface area contributed by atoms with E-state index in [1.165, 1.54) is 0 Å². The van der Waals surface area contributed by atoms with Crippen molar-refractivity contribution < 1.29 is 0 Å². The lowest BCUT2D eigenvalue weighted by atomic mass is 10.0. The SMILES string of the molecule is CC(C(N)c1ccccn1)N1CCNCC1. The second kappa shape index (κ2) is 5.39. The molecular weight excluding hydrogens is 200 g/mol. The van der Waals surface area contributed by atoms with Crippen LogP contribution in [-0.2, 0) is 0 Å². The topological polar surface area (TPSA) is 54.2 Å². The van der Waals surface area contributed by atoms with Gasteiger partial charge in [-0.2, -0.15) is 0 Å². The molecule has 0 saturated carbocycles. The van der Waals surface area contributed by atoms with Gasteiger partial charge in [0.05, 0.1) is 11.7 Å². The Kier molecular flexibility index (Phi) is 3.88. The number of nitrogens with one attached hydrogen (secondary N) is 1. The van der Waals surface area contributed by atoms with Gasteiger partial charge in [0.2, 0.25) is 0 Å². The van der Waals surface area contributed by atoms with Gasteiger partial charge >= 0.3 is 0 Å². The Morgan fingerprint density at radius 2 is 2.12 bits per heavy atom. The third-order valence-electron chi connectivity index (χ3n) is 3.28. The molecule has 2 unspecified atom stereocenters. The lowest BCUT2D eigenvalue weighted by molar-refractivity contribution is 0.162. The van der Waals surface area contributed by atoms with Crippen molar-refractivity contribution in [3.8, 4) is 0 Å². The van der Waals surface area contributed by atoms with Gasteiger partial charge in [-0.3, -0.25) is 9.88 Å². The maximum absolute atomic E-state index is 6.24. The van der Waals surface area contributed by atoms with E-state index in [1.54, 1.807) is 6.20 Å². The van der Waals surface area contributed by atoms with E-state index in [2.05, 4.69) is 22.1 Å². The van der Waals surface area contributed by atoms with E-state index in [0.717, 1.165) is 31.9 Å². The molecule has 0 aliphatic carbocycles. The molecule has 4 heteroatoms. The molecule has 0 spiro atoms. The van der Waals surface area contributed by atoms with Crippen LogP contribution in [0, 0.1) is 0 Å². The quantitative estimate of drug-likeness (QED) is 0.773. The highest BCUT2D eigenvalue weighted by Crippen LogP contribution is 2.16. The van der Waals surface area contributed by atoms with Crippen molar-refractivity contribution in [1.82, 2.24) is 15.2 Å². The van der Waals surface area contributed by atoms with E-state index < -0.39 is 0 Å². The lowest BCUT2D eigenvalue weighted by Gasteiger charge is -2.35. The minimum atomic E-state index is -0.000648. The summed E-state index contributed by atoms with van der Waals surface area (Å²) >= 11 is 0. The highest BCUT2D eigenvalue weighted by molar-refractivity contribution is 5.10. The molecule has 2 atom stereocenters. The van der Waals surface area contributed by atoms with Crippen LogP contribution in [0.4, 0.5) is 0 Å². The van der Waals surface area contributed by atoms with Crippen molar-refractivity contribution >= 4 is 0 Å². The van der Waals surface area contributed by atoms with E-state index >= 15 is 0 Å². The summed E-state index contributed by atoms with van der Waals surface area (Å²) in [5.41, 5.74) is 7.22. The van der Waals surface area contributed by atoms with E-state index in [0.29, 0.717) is 6.04 Å². The predicted molar refractivity (Wildman–Crippen MR) is 65.1 cm³/mol. The predicted octanol–water partition coefficient (Wildman–Crippen LogP) is 0.375. The van der Waals surface area contributed by atoms with Crippen LogP contribution in [0.25, 0.3) is 0 Å². The molecule has 2 heterocycles. The Morgan fingerprint density at radius 1 is 1.38 bits per heavy atom. The van der Waals surface area contributed by atoms with E-state index in [-0.39, 0.29) is 6.04 Å². The zero-order valence-corrected chi connectivity index (χ0v) is 9.76. The van der Waals surface area contributed by atoms with Gasteiger partial charge in [-0.25, -0.2) is 0 Å². The molecule has 1 aromatic heterocycles. The van der Waals surface area contributed by atoms with E-state index in [1.807, 2.05) is 18.2 Å². The largest absolute Gasteiger partial charge is 0.321 e. The summed E-state index contributed by atoms with van der Waals surface area (Å²) in [4.78, 5) is 6.75. The summed E-state index contributed by atoms with van der Waals surface area (Å²) < 4.78 is 0. The van der Waals surface area contributed by atoms with Gasteiger partial charge in [0.25, 0.3) is 0 Å². The zero-order chi connectivity index (χ0) is 11.4. The highest BCUT2D eigenvalue weighted by atomic mass is 15.2. The number of nitrogens with two attached hydrogens (primary N) is 1. The van der Waals surface area contributed by atoms with Crippen LogP contribution in [0.15, 0.2) is 24.4 Å². The number of hydrogen-bond donors (Lipinski definition) is 2. The molecule has 0 bridgehead atoms. The van der Waals surface area contributed by atoms with E-state index in [9.17, 15) is 0 Å². The molecule has 0 aromatic carbocycles. The minimum Gasteiger partial charge on any atom is -0.321 e. The highest BCUT2D eigenvalue weighted by Gasteiger charge is 2.23. The molecule has 1 fully saturated rings. The minimum absolute atomic E-state index is 0.000648. The van der Waals surface area contributed by atoms with Crippen molar-refractivity contribution in [1.29, 1.82) is 0 Å². The number of rotatable bonds is 3. The van der Waals surface area contributed by atoms with Crippen LogP contribution in [0.5, 0.6) is 0 Å². The molecule has 3 N–H and O–H groups in total. The number of piperazine rings is 1. The Morgan fingerprint density at radius 3 is 2.75 bits per heavy atom. The molecule has 2 rings (SSSR count). The number of aromatic nitrogens is 1. The summed E-state index contributed by atoms with van der Waals surface area (Å²) in [7, 11) is 0. The molecule has 0 radical (unpaired) electrons. The first-order valence-electron chi connectivity index (χ1n) is 5.90. The van der Waals surface area contributed by atoms with Gasteiger partial charge in [-0.05, 0) is 19.1 Å². The zero-order valence-electron chi connectivity index (χ0n) is 9.76. The van der Waals surface area contributed by atoms with Gasteiger partial charge in [0.1, 0.15) is 0 Å². The Balaban J connectivity index is 2.00. The van der Waals surface area contributed by atoms with Gasteiger partial charge in [-0.1, -0.05) is 6.07 Å². The van der Waals surface area contributed by atoms with Crippen LogP contribution in [0.3, 0.4) is 0 Å². The third kappa shape index (κ3) is 2.58. The van der Waals surface area contributed by atoms with Crippen molar-refractivity contribution in [2.45, 2.75) is 19.0 Å². The maximum atomic E-state index is 6.24. The summed E-state index contributed by atoms with van der Waals surface area (Å²) in [5.74, 6) is 0. The molecule has 88 valence electrons. The molecule has 4 nitrogen and oxygen atoms in total. The third-order valence-corrected chi connectivity index (χ3v) is 3.28. The first kappa shape index (κ1) is 11.5. The van der Waals surface area contributed by atoms with Crippen molar-refractivity contribution in [2.75, 3.05) is 26.2 Å². The van der Waals surface area contributed by atoms with Gasteiger partial charge < -0.3 is 11.1 Å². The van der Waals surface area contributed by atoms with Gasteiger partial charge in [0, 0.05) is 38.4 Å². The van der Waals surface area contributed by atoms with Crippen molar-refractivity contribution in [2.24, 2.45) is 5.73 Å². The van der Waals surface area contributed by atoms with E-state index in [4.69, 9.17) is 5.73 Å². The summed E-state index contributed by atoms with van der Waals surface area (Å²) in [6.07, 6.45) is 1.81. The molecule has 1 aliphatic heterocycles. The van der Waals surface area contributed by atoms with Gasteiger partial charge in [0.15, 0.2) is 0 Å². The fourth-order valence-corrected chi connectivity index (χ4v) is 2.14.